The second-order valence-electron chi connectivity index (χ2n) is 7.28. The van der Waals surface area contributed by atoms with Crippen molar-refractivity contribution in [2.75, 3.05) is 40.3 Å². The normalized spacial score (nSPS) is 21.0. The predicted octanol–water partition coefficient (Wildman–Crippen LogP) is 2.43. The average molecular weight is 269 g/mol. The van der Waals surface area contributed by atoms with Crippen LogP contribution in [-0.4, -0.2) is 62.2 Å². The summed E-state index contributed by atoms with van der Waals surface area (Å²) in [5.74, 6) is 0. The number of hydrogen-bond donors (Lipinski definition) is 1. The van der Waals surface area contributed by atoms with Gasteiger partial charge in [0.1, 0.15) is 0 Å². The van der Waals surface area contributed by atoms with E-state index in [4.69, 9.17) is 0 Å². The molecule has 1 atom stereocenters. The fourth-order valence-corrected chi connectivity index (χ4v) is 3.04. The molecule has 19 heavy (non-hydrogen) atoms. The van der Waals surface area contributed by atoms with E-state index in [1.807, 2.05) is 0 Å². The Morgan fingerprint density at radius 1 is 1.26 bits per heavy atom. The summed E-state index contributed by atoms with van der Waals surface area (Å²) >= 11 is 0. The minimum Gasteiger partial charge on any atom is -0.314 e. The van der Waals surface area contributed by atoms with E-state index in [0.29, 0.717) is 11.5 Å². The lowest BCUT2D eigenvalue weighted by Crippen LogP contribution is -2.46. The van der Waals surface area contributed by atoms with E-state index in [0.717, 1.165) is 12.6 Å². The van der Waals surface area contributed by atoms with Crippen LogP contribution in [0, 0.1) is 5.41 Å². The van der Waals surface area contributed by atoms with Crippen molar-refractivity contribution in [1.29, 1.82) is 0 Å². The van der Waals surface area contributed by atoms with E-state index >= 15 is 0 Å². The Kier molecular flexibility index (Phi) is 6.78. The van der Waals surface area contributed by atoms with Crippen molar-refractivity contribution in [1.82, 2.24) is 15.1 Å². The summed E-state index contributed by atoms with van der Waals surface area (Å²) in [6.07, 6.45) is 3.91. The van der Waals surface area contributed by atoms with Gasteiger partial charge in [-0.25, -0.2) is 0 Å². The van der Waals surface area contributed by atoms with Gasteiger partial charge in [-0.15, -0.1) is 0 Å². The molecular weight excluding hydrogens is 234 g/mol. The van der Waals surface area contributed by atoms with Crippen LogP contribution in [-0.2, 0) is 0 Å². The van der Waals surface area contributed by atoms with Crippen LogP contribution in [0.15, 0.2) is 0 Å². The van der Waals surface area contributed by atoms with Gasteiger partial charge < -0.3 is 15.1 Å². The van der Waals surface area contributed by atoms with Gasteiger partial charge in [-0.2, -0.15) is 0 Å². The Morgan fingerprint density at radius 2 is 1.84 bits per heavy atom. The summed E-state index contributed by atoms with van der Waals surface area (Å²) < 4.78 is 0. The number of likely N-dealkylation sites (tertiary alicyclic amines) is 1. The van der Waals surface area contributed by atoms with Gasteiger partial charge in [-0.05, 0) is 65.0 Å². The zero-order valence-electron chi connectivity index (χ0n) is 14.0. The number of nitrogens with zero attached hydrogens (tertiary/aromatic N) is 2. The molecule has 1 heterocycles. The fourth-order valence-electron chi connectivity index (χ4n) is 3.04. The molecule has 3 heteroatoms. The van der Waals surface area contributed by atoms with Crippen molar-refractivity contribution < 1.29 is 0 Å². The van der Waals surface area contributed by atoms with Gasteiger partial charge in [-0.1, -0.05) is 27.7 Å². The fraction of sp³-hybridized carbons (Fsp3) is 1.00. The molecule has 0 aromatic carbocycles. The molecule has 0 amide bonds. The Labute approximate surface area is 120 Å². The van der Waals surface area contributed by atoms with E-state index < -0.39 is 0 Å². The maximum Gasteiger partial charge on any atom is 0.0128 e. The second kappa shape index (κ2) is 7.61. The monoisotopic (exact) mass is 269 g/mol. The van der Waals surface area contributed by atoms with Gasteiger partial charge in [0, 0.05) is 12.1 Å². The molecule has 114 valence electrons. The highest BCUT2D eigenvalue weighted by atomic mass is 15.2. The topological polar surface area (TPSA) is 18.5 Å². The van der Waals surface area contributed by atoms with Gasteiger partial charge in [0.15, 0.2) is 0 Å². The van der Waals surface area contributed by atoms with Gasteiger partial charge in [-0.3, -0.25) is 0 Å². The SMILES string of the molecule is CCNC(CCN(C)C1CCN(C)CC1)C(C)(C)C. The lowest BCUT2D eigenvalue weighted by atomic mass is 9.84. The van der Waals surface area contributed by atoms with Crippen LogP contribution >= 0.6 is 0 Å². The van der Waals surface area contributed by atoms with Crippen LogP contribution in [0.4, 0.5) is 0 Å². The maximum absolute atomic E-state index is 3.65. The molecule has 0 aliphatic carbocycles. The molecule has 0 spiro atoms. The second-order valence-corrected chi connectivity index (χ2v) is 7.28. The molecule has 1 aliphatic heterocycles. The zero-order valence-corrected chi connectivity index (χ0v) is 14.0. The molecular formula is C16H35N3. The average Bonchev–Trinajstić information content (AvgIpc) is 2.33. The lowest BCUT2D eigenvalue weighted by Gasteiger charge is -2.37. The molecule has 3 nitrogen and oxygen atoms in total. The zero-order chi connectivity index (χ0) is 14.5. The molecule has 1 unspecified atom stereocenters. The Bertz CT molecular complexity index is 239. The molecule has 0 aromatic heterocycles. The lowest BCUT2D eigenvalue weighted by molar-refractivity contribution is 0.131. The Balaban J connectivity index is 2.37. The number of piperidine rings is 1. The van der Waals surface area contributed by atoms with E-state index in [1.165, 1.54) is 38.9 Å². The van der Waals surface area contributed by atoms with Crippen molar-refractivity contribution in [3.8, 4) is 0 Å². The van der Waals surface area contributed by atoms with Gasteiger partial charge in [0.25, 0.3) is 0 Å². The minimum atomic E-state index is 0.351. The van der Waals surface area contributed by atoms with Crippen molar-refractivity contribution in [2.45, 2.75) is 59.0 Å². The smallest absolute Gasteiger partial charge is 0.0128 e. The van der Waals surface area contributed by atoms with Crippen LogP contribution in [0.1, 0.15) is 47.0 Å². The van der Waals surface area contributed by atoms with Crippen LogP contribution in [0.5, 0.6) is 0 Å². The standard InChI is InChI=1S/C16H35N3/c1-7-17-15(16(2,3)4)10-13-19(6)14-8-11-18(5)12-9-14/h14-15,17H,7-13H2,1-6H3. The number of hydrogen-bond acceptors (Lipinski definition) is 3. The number of nitrogens with one attached hydrogen (secondary N) is 1. The molecule has 1 N–H and O–H groups in total. The molecule has 0 bridgehead atoms. The molecule has 1 rings (SSSR count). The van der Waals surface area contributed by atoms with Crippen LogP contribution in [0.3, 0.4) is 0 Å². The molecule has 1 aliphatic rings. The first-order chi connectivity index (χ1) is 8.84. The summed E-state index contributed by atoms with van der Waals surface area (Å²) in [5.41, 5.74) is 0.351. The first-order valence-corrected chi connectivity index (χ1v) is 7.96. The summed E-state index contributed by atoms with van der Waals surface area (Å²) in [6, 6.07) is 1.41. The van der Waals surface area contributed by atoms with E-state index in [-0.39, 0.29) is 0 Å². The molecule has 0 radical (unpaired) electrons. The largest absolute Gasteiger partial charge is 0.314 e. The third-order valence-electron chi connectivity index (χ3n) is 4.58. The third kappa shape index (κ3) is 5.80. The predicted molar refractivity (Wildman–Crippen MR) is 84.7 cm³/mol. The highest BCUT2D eigenvalue weighted by Crippen LogP contribution is 2.23. The van der Waals surface area contributed by atoms with Crippen molar-refractivity contribution in [3.63, 3.8) is 0 Å². The Hall–Kier alpha value is -0.120. The van der Waals surface area contributed by atoms with Gasteiger partial charge in [0.2, 0.25) is 0 Å². The van der Waals surface area contributed by atoms with Crippen LogP contribution < -0.4 is 5.32 Å². The van der Waals surface area contributed by atoms with E-state index in [9.17, 15) is 0 Å². The third-order valence-corrected chi connectivity index (χ3v) is 4.58. The van der Waals surface area contributed by atoms with Crippen LogP contribution in [0.25, 0.3) is 0 Å². The van der Waals surface area contributed by atoms with E-state index in [2.05, 4.69) is 56.9 Å². The van der Waals surface area contributed by atoms with Crippen molar-refractivity contribution >= 4 is 0 Å². The Morgan fingerprint density at radius 3 is 2.32 bits per heavy atom. The van der Waals surface area contributed by atoms with E-state index in [1.54, 1.807) is 0 Å². The quantitative estimate of drug-likeness (QED) is 0.799. The summed E-state index contributed by atoms with van der Waals surface area (Å²) in [6.45, 7) is 14.0. The van der Waals surface area contributed by atoms with Crippen molar-refractivity contribution in [3.05, 3.63) is 0 Å². The summed E-state index contributed by atoms with van der Waals surface area (Å²) in [5, 5.41) is 3.65. The van der Waals surface area contributed by atoms with Gasteiger partial charge >= 0.3 is 0 Å². The molecule has 1 saturated heterocycles. The first kappa shape index (κ1) is 16.9. The highest BCUT2D eigenvalue weighted by molar-refractivity contribution is 4.83. The van der Waals surface area contributed by atoms with Gasteiger partial charge in [0.05, 0.1) is 0 Å². The summed E-state index contributed by atoms with van der Waals surface area (Å²) in [7, 11) is 4.54. The number of rotatable bonds is 6. The highest BCUT2D eigenvalue weighted by Gasteiger charge is 2.25. The van der Waals surface area contributed by atoms with Crippen LogP contribution in [0.2, 0.25) is 0 Å². The molecule has 0 saturated carbocycles. The first-order valence-electron chi connectivity index (χ1n) is 7.96. The molecule has 1 fully saturated rings. The molecule has 0 aromatic rings. The minimum absolute atomic E-state index is 0.351. The van der Waals surface area contributed by atoms with Crippen molar-refractivity contribution in [2.24, 2.45) is 5.41 Å². The maximum atomic E-state index is 3.65. The summed E-state index contributed by atoms with van der Waals surface area (Å²) in [4.78, 5) is 5.03.